The molecule has 3 N–H and O–H groups in total. The standard InChI is InChI=1S/C6H6F3NO3/c1-2-3(10)4(11)13-5(12)6(7,8)9/h1,3-4,11H,10H2/t3-,4?/m1/s1. The van der Waals surface area contributed by atoms with Gasteiger partial charge in [-0.1, -0.05) is 5.92 Å². The van der Waals surface area contributed by atoms with Crippen molar-refractivity contribution in [3.05, 3.63) is 0 Å². The number of terminal acetylenes is 1. The first kappa shape index (κ1) is 11.7. The lowest BCUT2D eigenvalue weighted by atomic mass is 10.3. The normalized spacial score (nSPS) is 15.7. The van der Waals surface area contributed by atoms with Crippen LogP contribution in [0.1, 0.15) is 0 Å². The van der Waals surface area contributed by atoms with Crippen molar-refractivity contribution in [1.82, 2.24) is 0 Å². The van der Waals surface area contributed by atoms with Gasteiger partial charge in [0.25, 0.3) is 0 Å². The number of rotatable bonds is 2. The van der Waals surface area contributed by atoms with Crippen molar-refractivity contribution >= 4 is 5.97 Å². The summed E-state index contributed by atoms with van der Waals surface area (Å²) in [5.74, 6) is -0.832. The number of nitrogens with two attached hydrogens (primary N) is 1. The summed E-state index contributed by atoms with van der Waals surface area (Å²) in [6.45, 7) is 0. The van der Waals surface area contributed by atoms with Crippen molar-refractivity contribution < 1.29 is 27.8 Å². The molecule has 2 atom stereocenters. The molecule has 13 heavy (non-hydrogen) atoms. The molecule has 74 valence electrons. The van der Waals surface area contributed by atoms with Crippen LogP contribution in [0.5, 0.6) is 0 Å². The van der Waals surface area contributed by atoms with Gasteiger partial charge in [-0.3, -0.25) is 0 Å². The van der Waals surface area contributed by atoms with E-state index in [2.05, 4.69) is 11.2 Å². The summed E-state index contributed by atoms with van der Waals surface area (Å²) in [5.41, 5.74) is 4.88. The number of aliphatic hydroxyl groups excluding tert-OH is 1. The first-order chi connectivity index (χ1) is 5.79. The molecule has 0 aromatic heterocycles. The van der Waals surface area contributed by atoms with Gasteiger partial charge < -0.3 is 15.6 Å². The summed E-state index contributed by atoms with van der Waals surface area (Å²) >= 11 is 0. The molecular weight excluding hydrogens is 191 g/mol. The Labute approximate surface area is 71.5 Å². The molecule has 0 aromatic rings. The quantitative estimate of drug-likeness (QED) is 0.351. The van der Waals surface area contributed by atoms with Crippen LogP contribution in [-0.4, -0.2) is 29.6 Å². The van der Waals surface area contributed by atoms with E-state index >= 15 is 0 Å². The Bertz CT molecular complexity index is 232. The Hall–Kier alpha value is -1.26. The number of carbonyl (C=O) groups is 1. The number of hydrogen-bond donors (Lipinski definition) is 2. The van der Waals surface area contributed by atoms with E-state index < -0.39 is 24.5 Å². The number of hydrogen-bond acceptors (Lipinski definition) is 4. The van der Waals surface area contributed by atoms with Crippen LogP contribution in [0.2, 0.25) is 0 Å². The van der Waals surface area contributed by atoms with E-state index in [9.17, 15) is 18.0 Å². The minimum atomic E-state index is -5.17. The van der Waals surface area contributed by atoms with Gasteiger partial charge in [0.1, 0.15) is 6.04 Å². The Morgan fingerprint density at radius 1 is 1.62 bits per heavy atom. The van der Waals surface area contributed by atoms with E-state index in [-0.39, 0.29) is 0 Å². The summed E-state index contributed by atoms with van der Waals surface area (Å²) in [7, 11) is 0. The molecule has 0 saturated heterocycles. The maximum Gasteiger partial charge on any atom is 0.491 e. The number of alkyl halides is 3. The van der Waals surface area contributed by atoms with Crippen molar-refractivity contribution in [2.75, 3.05) is 0 Å². The second-order valence-corrected chi connectivity index (χ2v) is 1.99. The number of halogens is 3. The van der Waals surface area contributed by atoms with E-state index in [1.165, 1.54) is 0 Å². The molecule has 0 bridgehead atoms. The van der Waals surface area contributed by atoms with Crippen molar-refractivity contribution in [1.29, 1.82) is 0 Å². The molecular formula is C6H6F3NO3. The highest BCUT2D eigenvalue weighted by Gasteiger charge is 2.42. The first-order valence-corrected chi connectivity index (χ1v) is 2.96. The average molecular weight is 197 g/mol. The molecule has 0 aliphatic carbocycles. The number of ether oxygens (including phenoxy) is 1. The van der Waals surface area contributed by atoms with Gasteiger partial charge in [0.05, 0.1) is 0 Å². The second kappa shape index (κ2) is 4.11. The number of aliphatic hydroxyl groups is 1. The molecule has 7 heteroatoms. The summed E-state index contributed by atoms with van der Waals surface area (Å²) in [5, 5.41) is 8.64. The minimum absolute atomic E-state index is 1.48. The van der Waals surface area contributed by atoms with Gasteiger partial charge in [-0.15, -0.1) is 6.42 Å². The van der Waals surface area contributed by atoms with Crippen molar-refractivity contribution in [3.8, 4) is 12.3 Å². The molecule has 0 fully saturated rings. The van der Waals surface area contributed by atoms with Crippen LogP contribution in [0.4, 0.5) is 13.2 Å². The lowest BCUT2D eigenvalue weighted by Gasteiger charge is -2.15. The molecule has 0 aliphatic heterocycles. The van der Waals surface area contributed by atoms with Crippen LogP contribution >= 0.6 is 0 Å². The third-order valence-corrected chi connectivity index (χ3v) is 0.959. The van der Waals surface area contributed by atoms with Gasteiger partial charge in [-0.2, -0.15) is 13.2 Å². The lowest BCUT2D eigenvalue weighted by molar-refractivity contribution is -0.219. The SMILES string of the molecule is C#C[C@@H](N)C(O)OC(=O)C(F)(F)F. The number of carbonyl (C=O) groups excluding carboxylic acids is 1. The maximum absolute atomic E-state index is 11.5. The Balaban J connectivity index is 4.17. The van der Waals surface area contributed by atoms with Crippen LogP contribution in [0.15, 0.2) is 0 Å². The van der Waals surface area contributed by atoms with E-state index in [4.69, 9.17) is 10.8 Å². The summed E-state index contributed by atoms with van der Waals surface area (Å²) in [6.07, 6.45) is -2.67. The van der Waals surface area contributed by atoms with E-state index in [1.807, 2.05) is 0 Å². The lowest BCUT2D eigenvalue weighted by Crippen LogP contribution is -2.40. The first-order valence-electron chi connectivity index (χ1n) is 2.96. The molecule has 0 amide bonds. The molecule has 0 aliphatic rings. The van der Waals surface area contributed by atoms with Gasteiger partial charge in [-0.05, 0) is 0 Å². The minimum Gasteiger partial charge on any atom is -0.426 e. The van der Waals surface area contributed by atoms with Gasteiger partial charge in [0.2, 0.25) is 6.29 Å². The molecule has 1 unspecified atom stereocenters. The molecule has 0 heterocycles. The predicted octanol–water partition coefficient (Wildman–Crippen LogP) is -0.629. The highest BCUT2D eigenvalue weighted by atomic mass is 19.4. The third kappa shape index (κ3) is 3.78. The van der Waals surface area contributed by atoms with Crippen LogP contribution in [0.3, 0.4) is 0 Å². The zero-order valence-corrected chi connectivity index (χ0v) is 6.21. The second-order valence-electron chi connectivity index (χ2n) is 1.99. The Morgan fingerprint density at radius 3 is 2.38 bits per heavy atom. The number of esters is 1. The highest BCUT2D eigenvalue weighted by Crippen LogP contribution is 2.17. The summed E-state index contributed by atoms with van der Waals surface area (Å²) in [4.78, 5) is 10.1. The molecule has 0 saturated carbocycles. The van der Waals surface area contributed by atoms with Crippen LogP contribution in [-0.2, 0) is 9.53 Å². The zero-order valence-electron chi connectivity index (χ0n) is 6.21. The van der Waals surface area contributed by atoms with Crippen LogP contribution < -0.4 is 5.73 Å². The fourth-order valence-corrected chi connectivity index (χ4v) is 0.332. The smallest absolute Gasteiger partial charge is 0.426 e. The monoisotopic (exact) mass is 197 g/mol. The summed E-state index contributed by atoms with van der Waals surface area (Å²) < 4.78 is 38.0. The average Bonchev–Trinajstić information content (AvgIpc) is 2.01. The Morgan fingerprint density at radius 2 is 2.08 bits per heavy atom. The fraction of sp³-hybridized carbons (Fsp3) is 0.500. The maximum atomic E-state index is 11.5. The van der Waals surface area contributed by atoms with Gasteiger partial charge in [0, 0.05) is 0 Å². The van der Waals surface area contributed by atoms with E-state index in [0.29, 0.717) is 0 Å². The highest BCUT2D eigenvalue weighted by molar-refractivity contribution is 5.75. The van der Waals surface area contributed by atoms with E-state index in [0.717, 1.165) is 0 Å². The van der Waals surface area contributed by atoms with Crippen molar-refractivity contribution in [2.24, 2.45) is 5.73 Å². The molecule has 4 nitrogen and oxygen atoms in total. The van der Waals surface area contributed by atoms with Crippen LogP contribution in [0.25, 0.3) is 0 Å². The predicted molar refractivity (Wildman–Crippen MR) is 35.0 cm³/mol. The largest absolute Gasteiger partial charge is 0.491 e. The van der Waals surface area contributed by atoms with Gasteiger partial charge in [-0.25, -0.2) is 4.79 Å². The fourth-order valence-electron chi connectivity index (χ4n) is 0.332. The van der Waals surface area contributed by atoms with E-state index in [1.54, 1.807) is 5.92 Å². The van der Waals surface area contributed by atoms with Crippen molar-refractivity contribution in [3.63, 3.8) is 0 Å². The molecule has 0 aromatic carbocycles. The summed E-state index contributed by atoms with van der Waals surface area (Å²) in [6, 6.07) is -1.48. The van der Waals surface area contributed by atoms with Gasteiger partial charge in [0.15, 0.2) is 0 Å². The van der Waals surface area contributed by atoms with Gasteiger partial charge >= 0.3 is 12.1 Å². The Kier molecular flexibility index (Phi) is 3.71. The van der Waals surface area contributed by atoms with Crippen molar-refractivity contribution in [2.45, 2.75) is 18.5 Å². The molecule has 0 rings (SSSR count). The molecule has 0 radical (unpaired) electrons. The topological polar surface area (TPSA) is 72.6 Å². The molecule has 0 spiro atoms. The zero-order chi connectivity index (χ0) is 10.6. The third-order valence-electron chi connectivity index (χ3n) is 0.959. The van der Waals surface area contributed by atoms with Crippen LogP contribution in [0, 0.1) is 12.3 Å².